The Morgan fingerprint density at radius 2 is 1.89 bits per heavy atom. The van der Waals surface area contributed by atoms with Gasteiger partial charge in [0.1, 0.15) is 4.88 Å². The fraction of sp³-hybridized carbons (Fsp3) is 0.389. The average molecular weight is 426 g/mol. The van der Waals surface area contributed by atoms with E-state index in [0.29, 0.717) is 28.4 Å². The SMILES string of the molecule is CCCCOC(=O)c1ccc(NC(=O)c2sc(N(C)S(C)(=O)=O)nc2C)cc1. The van der Waals surface area contributed by atoms with Gasteiger partial charge in [-0.3, -0.25) is 4.79 Å². The standard InChI is InChI=1S/C18H23N3O5S2/c1-5-6-11-26-17(23)13-7-9-14(10-8-13)20-16(22)15-12(2)19-18(27-15)21(3)28(4,24)25/h7-10H,5-6,11H2,1-4H3,(H,20,22). The van der Waals surface area contributed by atoms with Gasteiger partial charge in [0.15, 0.2) is 5.13 Å². The van der Waals surface area contributed by atoms with Crippen molar-refractivity contribution in [2.75, 3.05) is 29.5 Å². The van der Waals surface area contributed by atoms with Crippen LogP contribution in [-0.4, -0.2) is 45.2 Å². The Morgan fingerprint density at radius 3 is 2.46 bits per heavy atom. The number of thiazole rings is 1. The second-order valence-electron chi connectivity index (χ2n) is 6.16. The third-order valence-electron chi connectivity index (χ3n) is 3.87. The summed E-state index contributed by atoms with van der Waals surface area (Å²) in [6.45, 7) is 4.03. The lowest BCUT2D eigenvalue weighted by Gasteiger charge is -2.11. The highest BCUT2D eigenvalue weighted by atomic mass is 32.2. The van der Waals surface area contributed by atoms with Crippen LogP contribution in [0.2, 0.25) is 0 Å². The number of sulfonamides is 1. The number of ether oxygens (including phenoxy) is 1. The van der Waals surface area contributed by atoms with Gasteiger partial charge in [0.25, 0.3) is 5.91 Å². The molecular formula is C18H23N3O5S2. The summed E-state index contributed by atoms with van der Waals surface area (Å²) in [6, 6.07) is 6.36. The topological polar surface area (TPSA) is 106 Å². The van der Waals surface area contributed by atoms with E-state index < -0.39 is 21.9 Å². The maximum atomic E-state index is 12.5. The Morgan fingerprint density at radius 1 is 1.25 bits per heavy atom. The molecule has 0 fully saturated rings. The number of hydrogen-bond acceptors (Lipinski definition) is 7. The summed E-state index contributed by atoms with van der Waals surface area (Å²) in [5.74, 6) is -0.806. The summed E-state index contributed by atoms with van der Waals surface area (Å²) in [5.41, 5.74) is 1.34. The molecule has 0 saturated heterocycles. The molecule has 0 saturated carbocycles. The Hall–Kier alpha value is -2.46. The molecule has 1 heterocycles. The lowest BCUT2D eigenvalue weighted by molar-refractivity contribution is 0.0499. The largest absolute Gasteiger partial charge is 0.462 e. The molecule has 1 N–H and O–H groups in total. The van der Waals surface area contributed by atoms with Crippen molar-refractivity contribution in [3.8, 4) is 0 Å². The summed E-state index contributed by atoms with van der Waals surface area (Å²) in [7, 11) is -2.08. The normalized spacial score (nSPS) is 11.1. The number of nitrogens with one attached hydrogen (secondary N) is 1. The number of hydrogen-bond donors (Lipinski definition) is 1. The van der Waals surface area contributed by atoms with Gasteiger partial charge in [-0.1, -0.05) is 24.7 Å². The third-order valence-corrected chi connectivity index (χ3v) is 6.38. The number of aryl methyl sites for hydroxylation is 1. The number of unbranched alkanes of at least 4 members (excludes halogenated alkanes) is 1. The first-order chi connectivity index (χ1) is 13.1. The first-order valence-corrected chi connectivity index (χ1v) is 11.3. The van der Waals surface area contributed by atoms with Crippen LogP contribution in [0.25, 0.3) is 0 Å². The number of carbonyl (C=O) groups excluding carboxylic acids is 2. The van der Waals surface area contributed by atoms with Crippen LogP contribution in [0.15, 0.2) is 24.3 Å². The van der Waals surface area contributed by atoms with Crippen LogP contribution in [0, 0.1) is 6.92 Å². The highest BCUT2D eigenvalue weighted by Gasteiger charge is 2.21. The van der Waals surface area contributed by atoms with Crippen LogP contribution in [-0.2, 0) is 14.8 Å². The first kappa shape index (κ1) is 21.8. The number of rotatable bonds is 8. The van der Waals surface area contributed by atoms with Crippen LogP contribution in [0.1, 0.15) is 45.5 Å². The smallest absolute Gasteiger partial charge is 0.338 e. The molecule has 0 radical (unpaired) electrons. The number of nitrogens with zero attached hydrogens (tertiary/aromatic N) is 2. The number of esters is 1. The molecular weight excluding hydrogens is 402 g/mol. The third kappa shape index (κ3) is 5.52. The molecule has 1 aromatic heterocycles. The highest BCUT2D eigenvalue weighted by molar-refractivity contribution is 7.92. The van der Waals surface area contributed by atoms with E-state index in [1.165, 1.54) is 7.05 Å². The number of carbonyl (C=O) groups is 2. The maximum absolute atomic E-state index is 12.5. The van der Waals surface area contributed by atoms with E-state index >= 15 is 0 Å². The van der Waals surface area contributed by atoms with E-state index in [2.05, 4.69) is 10.3 Å². The van der Waals surface area contributed by atoms with Crippen molar-refractivity contribution in [2.45, 2.75) is 26.7 Å². The Labute approximate surface area is 168 Å². The van der Waals surface area contributed by atoms with Crippen molar-refractivity contribution in [1.82, 2.24) is 4.98 Å². The van der Waals surface area contributed by atoms with Crippen LogP contribution in [0.4, 0.5) is 10.8 Å². The van der Waals surface area contributed by atoms with Crippen molar-refractivity contribution < 1.29 is 22.7 Å². The van der Waals surface area contributed by atoms with E-state index in [4.69, 9.17) is 4.74 Å². The van der Waals surface area contributed by atoms with Gasteiger partial charge in [0.05, 0.1) is 24.1 Å². The monoisotopic (exact) mass is 425 g/mol. The van der Waals surface area contributed by atoms with Gasteiger partial charge in [-0.05, 0) is 37.6 Å². The summed E-state index contributed by atoms with van der Waals surface area (Å²) in [5, 5.41) is 2.94. The van der Waals surface area contributed by atoms with Crippen molar-refractivity contribution in [1.29, 1.82) is 0 Å². The predicted molar refractivity (Wildman–Crippen MR) is 110 cm³/mol. The van der Waals surface area contributed by atoms with Gasteiger partial charge < -0.3 is 10.1 Å². The molecule has 2 rings (SSSR count). The van der Waals surface area contributed by atoms with Gasteiger partial charge in [-0.25, -0.2) is 22.5 Å². The number of benzene rings is 1. The van der Waals surface area contributed by atoms with E-state index in [-0.39, 0.29) is 5.13 Å². The molecule has 1 aromatic carbocycles. The van der Waals surface area contributed by atoms with Gasteiger partial charge in [0.2, 0.25) is 10.0 Å². The zero-order chi connectivity index (χ0) is 20.9. The molecule has 0 aliphatic heterocycles. The molecule has 2 aromatic rings. The Kier molecular flexibility index (Phi) is 7.14. The molecule has 0 spiro atoms. The van der Waals surface area contributed by atoms with Crippen molar-refractivity contribution in [3.05, 3.63) is 40.4 Å². The zero-order valence-electron chi connectivity index (χ0n) is 16.2. The fourth-order valence-electron chi connectivity index (χ4n) is 2.14. The number of aromatic nitrogens is 1. The van der Waals surface area contributed by atoms with E-state index in [0.717, 1.165) is 34.7 Å². The number of amides is 1. The lowest BCUT2D eigenvalue weighted by Crippen LogP contribution is -2.24. The van der Waals surface area contributed by atoms with Crippen molar-refractivity contribution >= 4 is 44.1 Å². The van der Waals surface area contributed by atoms with E-state index in [9.17, 15) is 18.0 Å². The van der Waals surface area contributed by atoms with Crippen LogP contribution < -0.4 is 9.62 Å². The molecule has 0 atom stereocenters. The van der Waals surface area contributed by atoms with Gasteiger partial charge in [-0.2, -0.15) is 0 Å². The summed E-state index contributed by atoms with van der Waals surface area (Å²) < 4.78 is 29.4. The minimum absolute atomic E-state index is 0.218. The molecule has 0 aliphatic carbocycles. The second-order valence-corrected chi connectivity index (χ2v) is 9.15. The Bertz CT molecular complexity index is 952. The van der Waals surface area contributed by atoms with Gasteiger partial charge >= 0.3 is 5.97 Å². The quantitative estimate of drug-likeness (QED) is 0.515. The van der Waals surface area contributed by atoms with Gasteiger partial charge in [-0.15, -0.1) is 0 Å². The summed E-state index contributed by atoms with van der Waals surface area (Å²) in [4.78, 5) is 28.9. The first-order valence-electron chi connectivity index (χ1n) is 8.63. The maximum Gasteiger partial charge on any atom is 0.338 e. The van der Waals surface area contributed by atoms with Crippen LogP contribution >= 0.6 is 11.3 Å². The van der Waals surface area contributed by atoms with Crippen molar-refractivity contribution in [2.24, 2.45) is 0 Å². The van der Waals surface area contributed by atoms with Crippen LogP contribution in [0.3, 0.4) is 0 Å². The number of anilines is 2. The zero-order valence-corrected chi connectivity index (χ0v) is 17.8. The summed E-state index contributed by atoms with van der Waals surface area (Å²) in [6.07, 6.45) is 2.82. The van der Waals surface area contributed by atoms with Gasteiger partial charge in [0, 0.05) is 12.7 Å². The molecule has 0 aliphatic rings. The molecule has 152 valence electrons. The fourth-order valence-corrected chi connectivity index (χ4v) is 3.81. The molecule has 1 amide bonds. The molecule has 28 heavy (non-hydrogen) atoms. The Balaban J connectivity index is 2.07. The summed E-state index contributed by atoms with van der Waals surface area (Å²) >= 11 is 0.991. The predicted octanol–water partition coefficient (Wildman–Crippen LogP) is 3.06. The highest BCUT2D eigenvalue weighted by Crippen LogP contribution is 2.27. The molecule has 8 nitrogen and oxygen atoms in total. The van der Waals surface area contributed by atoms with Crippen LogP contribution in [0.5, 0.6) is 0 Å². The second kappa shape index (κ2) is 9.16. The lowest BCUT2D eigenvalue weighted by atomic mass is 10.2. The molecule has 0 bridgehead atoms. The average Bonchev–Trinajstić information content (AvgIpc) is 3.02. The minimum Gasteiger partial charge on any atom is -0.462 e. The van der Waals surface area contributed by atoms with E-state index in [1.54, 1.807) is 31.2 Å². The molecule has 10 heteroatoms. The van der Waals surface area contributed by atoms with Crippen molar-refractivity contribution in [3.63, 3.8) is 0 Å². The minimum atomic E-state index is -3.46. The molecule has 0 unspecified atom stereocenters. The van der Waals surface area contributed by atoms with E-state index in [1.807, 2.05) is 6.92 Å².